The van der Waals surface area contributed by atoms with Crippen molar-refractivity contribution in [1.82, 2.24) is 9.55 Å². The van der Waals surface area contributed by atoms with Crippen molar-refractivity contribution < 1.29 is 0 Å². The Morgan fingerprint density at radius 2 is 2.10 bits per heavy atom. The van der Waals surface area contributed by atoms with Crippen molar-refractivity contribution in [1.29, 1.82) is 0 Å². The highest BCUT2D eigenvalue weighted by Crippen LogP contribution is 2.22. The fourth-order valence-corrected chi connectivity index (χ4v) is 3.39. The quantitative estimate of drug-likeness (QED) is 0.618. The maximum absolute atomic E-state index is 6.04. The van der Waals surface area contributed by atoms with E-state index in [2.05, 4.69) is 26.4 Å². The minimum Gasteiger partial charge on any atom is -0.328 e. The highest BCUT2D eigenvalue weighted by Gasteiger charge is 2.10. The largest absolute Gasteiger partial charge is 0.328 e. The van der Waals surface area contributed by atoms with Crippen LogP contribution in [-0.4, -0.2) is 15.4 Å². The number of benzene rings is 1. The summed E-state index contributed by atoms with van der Waals surface area (Å²) in [5, 5.41) is 5.02. The first-order chi connectivity index (χ1) is 9.78. The van der Waals surface area contributed by atoms with E-state index in [1.54, 1.807) is 11.3 Å². The Hall–Kier alpha value is -1.03. The van der Waals surface area contributed by atoms with Crippen LogP contribution in [0.3, 0.4) is 0 Å². The number of nitrogens with zero attached hydrogens (tertiary/aromatic N) is 2. The number of alkyl halides is 1. The molecule has 0 saturated carbocycles. The lowest BCUT2D eigenvalue weighted by Gasteiger charge is -2.07. The Labute approximate surface area is 132 Å². The number of hydrogen-bond acceptors (Lipinski definition) is 2. The monoisotopic (exact) mass is 324 g/mol. The highest BCUT2D eigenvalue weighted by molar-refractivity contribution is 7.07. The SMILES string of the molecule is ClCCc1nc2cc(Cl)ccc2n1CCc1ccsc1. The van der Waals surface area contributed by atoms with Crippen molar-refractivity contribution in [3.8, 4) is 0 Å². The molecule has 0 bridgehead atoms. The van der Waals surface area contributed by atoms with Gasteiger partial charge in [-0.15, -0.1) is 11.6 Å². The van der Waals surface area contributed by atoms with Crippen LogP contribution < -0.4 is 0 Å². The van der Waals surface area contributed by atoms with Gasteiger partial charge in [0.2, 0.25) is 0 Å². The van der Waals surface area contributed by atoms with Crippen molar-refractivity contribution >= 4 is 45.6 Å². The van der Waals surface area contributed by atoms with Gasteiger partial charge in [0, 0.05) is 23.9 Å². The molecule has 5 heteroatoms. The smallest absolute Gasteiger partial charge is 0.111 e. The van der Waals surface area contributed by atoms with Gasteiger partial charge in [-0.1, -0.05) is 11.6 Å². The first-order valence-electron chi connectivity index (χ1n) is 6.49. The molecule has 20 heavy (non-hydrogen) atoms. The normalized spacial score (nSPS) is 11.3. The summed E-state index contributed by atoms with van der Waals surface area (Å²) in [5.41, 5.74) is 3.44. The van der Waals surface area contributed by atoms with Crippen molar-refractivity contribution in [2.24, 2.45) is 0 Å². The zero-order valence-corrected chi connectivity index (χ0v) is 13.2. The Morgan fingerprint density at radius 3 is 2.85 bits per heavy atom. The molecular formula is C15H14Cl2N2S. The predicted molar refractivity (Wildman–Crippen MR) is 87.2 cm³/mol. The van der Waals surface area contributed by atoms with Crippen molar-refractivity contribution in [3.63, 3.8) is 0 Å². The molecule has 2 aromatic heterocycles. The number of aromatic nitrogens is 2. The van der Waals surface area contributed by atoms with E-state index in [1.807, 2.05) is 18.2 Å². The van der Waals surface area contributed by atoms with Crippen LogP contribution >= 0.6 is 34.5 Å². The lowest BCUT2D eigenvalue weighted by molar-refractivity contribution is 0.676. The van der Waals surface area contributed by atoms with E-state index in [0.29, 0.717) is 5.88 Å². The summed E-state index contributed by atoms with van der Waals surface area (Å²) in [5.74, 6) is 1.61. The van der Waals surface area contributed by atoms with E-state index in [9.17, 15) is 0 Å². The number of fused-ring (bicyclic) bond motifs is 1. The Bertz CT molecular complexity index is 704. The molecule has 0 fully saturated rings. The first kappa shape index (κ1) is 13.9. The van der Waals surface area contributed by atoms with Crippen LogP contribution in [0, 0.1) is 0 Å². The maximum atomic E-state index is 6.04. The lowest BCUT2D eigenvalue weighted by Crippen LogP contribution is -2.06. The predicted octanol–water partition coefficient (Wildman–Crippen LogP) is 4.78. The van der Waals surface area contributed by atoms with E-state index >= 15 is 0 Å². The lowest BCUT2D eigenvalue weighted by atomic mass is 10.2. The van der Waals surface area contributed by atoms with Gasteiger partial charge in [0.15, 0.2) is 0 Å². The molecule has 0 N–H and O–H groups in total. The molecule has 0 aliphatic rings. The fourth-order valence-electron chi connectivity index (χ4n) is 2.35. The van der Waals surface area contributed by atoms with Crippen LogP contribution in [-0.2, 0) is 19.4 Å². The van der Waals surface area contributed by atoms with Crippen LogP contribution in [0.2, 0.25) is 5.02 Å². The summed E-state index contributed by atoms with van der Waals surface area (Å²) >= 11 is 13.7. The van der Waals surface area contributed by atoms with Crippen molar-refractivity contribution in [2.75, 3.05) is 5.88 Å². The van der Waals surface area contributed by atoms with Gasteiger partial charge in [-0.3, -0.25) is 0 Å². The number of thiophene rings is 1. The second-order valence-corrected chi connectivity index (χ2v) is 6.23. The zero-order valence-electron chi connectivity index (χ0n) is 10.9. The summed E-state index contributed by atoms with van der Waals surface area (Å²) in [4.78, 5) is 4.66. The molecule has 2 heterocycles. The summed E-state index contributed by atoms with van der Waals surface area (Å²) < 4.78 is 2.26. The van der Waals surface area contributed by atoms with Gasteiger partial charge < -0.3 is 4.57 Å². The topological polar surface area (TPSA) is 17.8 Å². The second-order valence-electron chi connectivity index (χ2n) is 4.63. The minimum atomic E-state index is 0.579. The summed E-state index contributed by atoms with van der Waals surface area (Å²) in [6.07, 6.45) is 1.78. The molecule has 0 radical (unpaired) electrons. The van der Waals surface area contributed by atoms with E-state index in [-0.39, 0.29) is 0 Å². The molecule has 3 rings (SSSR count). The van der Waals surface area contributed by atoms with Crippen LogP contribution in [0.1, 0.15) is 11.4 Å². The summed E-state index contributed by atoms with van der Waals surface area (Å²) in [6, 6.07) is 8.03. The molecule has 0 aliphatic heterocycles. The van der Waals surface area contributed by atoms with E-state index in [1.165, 1.54) is 5.56 Å². The van der Waals surface area contributed by atoms with Gasteiger partial charge in [0.05, 0.1) is 11.0 Å². The van der Waals surface area contributed by atoms with Crippen molar-refractivity contribution in [2.45, 2.75) is 19.4 Å². The molecular weight excluding hydrogens is 311 g/mol. The first-order valence-corrected chi connectivity index (χ1v) is 8.35. The molecule has 0 spiro atoms. The Balaban J connectivity index is 1.95. The number of aryl methyl sites for hydroxylation is 3. The van der Waals surface area contributed by atoms with Crippen LogP contribution in [0.15, 0.2) is 35.0 Å². The van der Waals surface area contributed by atoms with Crippen LogP contribution in [0.5, 0.6) is 0 Å². The van der Waals surface area contributed by atoms with Crippen LogP contribution in [0.25, 0.3) is 11.0 Å². The minimum absolute atomic E-state index is 0.579. The fraction of sp³-hybridized carbons (Fsp3) is 0.267. The van der Waals surface area contributed by atoms with Crippen molar-refractivity contribution in [3.05, 3.63) is 51.4 Å². The maximum Gasteiger partial charge on any atom is 0.111 e. The molecule has 0 atom stereocenters. The van der Waals surface area contributed by atoms with Gasteiger partial charge in [0.1, 0.15) is 5.82 Å². The molecule has 104 valence electrons. The van der Waals surface area contributed by atoms with E-state index in [4.69, 9.17) is 23.2 Å². The third-order valence-corrected chi connectivity index (χ3v) is 4.47. The molecule has 0 saturated heterocycles. The van der Waals surface area contributed by atoms with Gasteiger partial charge in [-0.05, 0) is 47.0 Å². The Kier molecular flexibility index (Phi) is 4.29. The molecule has 0 aliphatic carbocycles. The van der Waals surface area contributed by atoms with E-state index in [0.717, 1.165) is 41.3 Å². The average Bonchev–Trinajstić information content (AvgIpc) is 3.04. The molecule has 0 unspecified atom stereocenters. The average molecular weight is 325 g/mol. The number of rotatable bonds is 5. The van der Waals surface area contributed by atoms with Crippen LogP contribution in [0.4, 0.5) is 0 Å². The zero-order chi connectivity index (χ0) is 13.9. The molecule has 1 aromatic carbocycles. The van der Waals surface area contributed by atoms with Gasteiger partial charge >= 0.3 is 0 Å². The molecule has 2 nitrogen and oxygen atoms in total. The van der Waals surface area contributed by atoms with E-state index < -0.39 is 0 Å². The summed E-state index contributed by atoms with van der Waals surface area (Å²) in [6.45, 7) is 0.918. The number of hydrogen-bond donors (Lipinski definition) is 0. The molecule has 0 amide bonds. The molecule has 3 aromatic rings. The third-order valence-electron chi connectivity index (χ3n) is 3.31. The van der Waals surface area contributed by atoms with Gasteiger partial charge in [0.25, 0.3) is 0 Å². The Morgan fingerprint density at radius 1 is 1.20 bits per heavy atom. The van der Waals surface area contributed by atoms with Gasteiger partial charge in [-0.2, -0.15) is 11.3 Å². The highest BCUT2D eigenvalue weighted by atomic mass is 35.5. The third kappa shape index (κ3) is 2.85. The number of imidazole rings is 1. The standard InChI is InChI=1S/C15H14Cl2N2S/c16-6-3-15-18-13-9-12(17)1-2-14(13)19(15)7-4-11-5-8-20-10-11/h1-2,5,8-10H,3-4,6-7H2. The number of halogens is 2. The summed E-state index contributed by atoms with van der Waals surface area (Å²) in [7, 11) is 0. The van der Waals surface area contributed by atoms with Gasteiger partial charge in [-0.25, -0.2) is 4.98 Å². The second kappa shape index (κ2) is 6.17.